The van der Waals surface area contributed by atoms with Crippen LogP contribution in [-0.2, 0) is 0 Å². The monoisotopic (exact) mass is 207 g/mol. The van der Waals surface area contributed by atoms with E-state index in [9.17, 15) is 0 Å². The first-order valence-corrected chi connectivity index (χ1v) is 5.64. The van der Waals surface area contributed by atoms with Gasteiger partial charge in [-0.05, 0) is 26.7 Å². The summed E-state index contributed by atoms with van der Waals surface area (Å²) in [6.07, 6.45) is 9.86. The summed E-state index contributed by atoms with van der Waals surface area (Å²) in [6.45, 7) is 8.60. The molecular weight excluding hydrogens is 182 g/mol. The van der Waals surface area contributed by atoms with Crippen molar-refractivity contribution in [1.82, 2.24) is 4.90 Å². The maximum absolute atomic E-state index is 2.32. The van der Waals surface area contributed by atoms with Crippen LogP contribution in [0.1, 0.15) is 34.1 Å². The van der Waals surface area contributed by atoms with Crippen LogP contribution in [0.3, 0.4) is 0 Å². The molecule has 1 atom stereocenters. The third-order valence-corrected chi connectivity index (χ3v) is 2.74. The van der Waals surface area contributed by atoms with E-state index in [1.807, 2.05) is 0 Å². The average Bonchev–Trinajstić information content (AvgIpc) is 2.18. The third-order valence-electron chi connectivity index (χ3n) is 2.74. The van der Waals surface area contributed by atoms with Crippen LogP contribution >= 0.6 is 0 Å². The Balaban J connectivity index is 4.39. The van der Waals surface area contributed by atoms with Crippen LogP contribution in [0.15, 0.2) is 35.6 Å². The van der Waals surface area contributed by atoms with Crippen LogP contribution in [0.2, 0.25) is 0 Å². The Morgan fingerprint density at radius 1 is 1.27 bits per heavy atom. The molecule has 0 saturated heterocycles. The topological polar surface area (TPSA) is 3.24 Å². The lowest BCUT2D eigenvalue weighted by Crippen LogP contribution is -2.10. The predicted molar refractivity (Wildman–Crippen MR) is 69.8 cm³/mol. The van der Waals surface area contributed by atoms with Gasteiger partial charge >= 0.3 is 0 Å². The van der Waals surface area contributed by atoms with Crippen molar-refractivity contribution in [3.05, 3.63) is 35.6 Å². The number of nitrogens with zero attached hydrogens (tertiary/aromatic N) is 1. The molecule has 86 valence electrons. The van der Waals surface area contributed by atoms with Gasteiger partial charge in [0.15, 0.2) is 0 Å². The zero-order valence-electron chi connectivity index (χ0n) is 11.0. The van der Waals surface area contributed by atoms with Crippen molar-refractivity contribution >= 4 is 0 Å². The van der Waals surface area contributed by atoms with Crippen LogP contribution in [0.25, 0.3) is 0 Å². The Labute approximate surface area is 95.2 Å². The summed E-state index contributed by atoms with van der Waals surface area (Å²) in [6, 6.07) is 0. The maximum Gasteiger partial charge on any atom is 0.0123 e. The van der Waals surface area contributed by atoms with Crippen molar-refractivity contribution in [2.75, 3.05) is 14.1 Å². The van der Waals surface area contributed by atoms with Crippen LogP contribution < -0.4 is 0 Å². The summed E-state index contributed by atoms with van der Waals surface area (Å²) >= 11 is 0. The Morgan fingerprint density at radius 3 is 2.27 bits per heavy atom. The van der Waals surface area contributed by atoms with Gasteiger partial charge in [-0.1, -0.05) is 36.8 Å². The largest absolute Gasteiger partial charge is 0.381 e. The summed E-state index contributed by atoms with van der Waals surface area (Å²) in [7, 11) is 4.18. The molecule has 0 aromatic heterocycles. The molecule has 0 radical (unpaired) electrons. The molecule has 15 heavy (non-hydrogen) atoms. The van der Waals surface area contributed by atoms with E-state index in [2.05, 4.69) is 71.0 Å². The van der Waals surface area contributed by atoms with Crippen molar-refractivity contribution in [3.8, 4) is 0 Å². The van der Waals surface area contributed by atoms with Crippen molar-refractivity contribution in [3.63, 3.8) is 0 Å². The van der Waals surface area contributed by atoms with Crippen molar-refractivity contribution in [2.24, 2.45) is 5.92 Å². The first-order valence-electron chi connectivity index (χ1n) is 5.64. The number of rotatable bonds is 5. The fourth-order valence-corrected chi connectivity index (χ4v) is 1.45. The van der Waals surface area contributed by atoms with Gasteiger partial charge in [0, 0.05) is 26.2 Å². The van der Waals surface area contributed by atoms with Gasteiger partial charge in [-0.2, -0.15) is 0 Å². The first-order chi connectivity index (χ1) is 7.02. The Bertz CT molecular complexity index is 257. The molecule has 0 N–H and O–H groups in total. The van der Waals surface area contributed by atoms with Crippen molar-refractivity contribution < 1.29 is 0 Å². The van der Waals surface area contributed by atoms with Crippen LogP contribution in [0, 0.1) is 5.92 Å². The average molecular weight is 207 g/mol. The molecule has 0 spiro atoms. The molecule has 0 aromatic rings. The zero-order chi connectivity index (χ0) is 11.8. The molecule has 0 amide bonds. The summed E-state index contributed by atoms with van der Waals surface area (Å²) < 4.78 is 0. The molecule has 1 heteroatoms. The van der Waals surface area contributed by atoms with E-state index in [1.54, 1.807) is 0 Å². The molecule has 1 nitrogen and oxygen atoms in total. The Morgan fingerprint density at radius 2 is 1.87 bits per heavy atom. The van der Waals surface area contributed by atoms with Gasteiger partial charge in [0.2, 0.25) is 0 Å². The van der Waals surface area contributed by atoms with Gasteiger partial charge < -0.3 is 4.90 Å². The third kappa shape index (κ3) is 5.46. The molecule has 0 aliphatic rings. The van der Waals surface area contributed by atoms with Crippen LogP contribution in [0.4, 0.5) is 0 Å². The minimum Gasteiger partial charge on any atom is -0.381 e. The van der Waals surface area contributed by atoms with Gasteiger partial charge in [0.1, 0.15) is 0 Å². The SMILES string of the molecule is CC=CC(C)C(C)=CCC(=CC)N(C)C. The fourth-order valence-electron chi connectivity index (χ4n) is 1.45. The number of hydrogen-bond donors (Lipinski definition) is 0. The van der Waals surface area contributed by atoms with E-state index in [0.29, 0.717) is 5.92 Å². The molecule has 0 fully saturated rings. The molecule has 0 aliphatic carbocycles. The second kappa shape index (κ2) is 7.33. The van der Waals surface area contributed by atoms with E-state index in [4.69, 9.17) is 0 Å². The molecule has 0 bridgehead atoms. The van der Waals surface area contributed by atoms with Gasteiger partial charge in [0.25, 0.3) is 0 Å². The van der Waals surface area contributed by atoms with Crippen molar-refractivity contribution in [1.29, 1.82) is 0 Å². The minimum atomic E-state index is 0.551. The highest BCUT2D eigenvalue weighted by Crippen LogP contribution is 2.14. The molecule has 0 aliphatic heterocycles. The molecule has 0 heterocycles. The van der Waals surface area contributed by atoms with Crippen LogP contribution in [-0.4, -0.2) is 19.0 Å². The standard InChI is InChI=1S/C14H25N/c1-7-9-12(3)13(4)10-11-14(8-2)15(5)6/h7-10,12H,11H2,1-6H3. The smallest absolute Gasteiger partial charge is 0.0123 e. The molecule has 0 rings (SSSR count). The fraction of sp³-hybridized carbons (Fsp3) is 0.571. The summed E-state index contributed by atoms with van der Waals surface area (Å²) in [5.74, 6) is 0.551. The summed E-state index contributed by atoms with van der Waals surface area (Å²) in [4.78, 5) is 2.17. The van der Waals surface area contributed by atoms with E-state index in [-0.39, 0.29) is 0 Å². The molecule has 0 saturated carbocycles. The van der Waals surface area contributed by atoms with Gasteiger partial charge in [-0.25, -0.2) is 0 Å². The van der Waals surface area contributed by atoms with Crippen LogP contribution in [0.5, 0.6) is 0 Å². The molecule has 0 aromatic carbocycles. The highest BCUT2D eigenvalue weighted by molar-refractivity contribution is 5.14. The summed E-state index contributed by atoms with van der Waals surface area (Å²) in [5.41, 5.74) is 2.80. The number of allylic oxidation sites excluding steroid dienone is 5. The highest BCUT2D eigenvalue weighted by Gasteiger charge is 2.00. The molecule has 1 unspecified atom stereocenters. The lowest BCUT2D eigenvalue weighted by Gasteiger charge is -2.16. The Hall–Kier alpha value is -0.980. The summed E-state index contributed by atoms with van der Waals surface area (Å²) in [5, 5.41) is 0. The van der Waals surface area contributed by atoms with Crippen molar-refractivity contribution in [2.45, 2.75) is 34.1 Å². The quantitative estimate of drug-likeness (QED) is 0.616. The second-order valence-electron chi connectivity index (χ2n) is 4.14. The second-order valence-corrected chi connectivity index (χ2v) is 4.14. The van der Waals surface area contributed by atoms with E-state index >= 15 is 0 Å². The van der Waals surface area contributed by atoms with Gasteiger partial charge in [-0.3, -0.25) is 0 Å². The maximum atomic E-state index is 2.32. The predicted octanol–water partition coefficient (Wildman–Crippen LogP) is 4.00. The highest BCUT2D eigenvalue weighted by atomic mass is 15.1. The zero-order valence-corrected chi connectivity index (χ0v) is 11.0. The molecular formula is C14H25N. The minimum absolute atomic E-state index is 0.551. The van der Waals surface area contributed by atoms with Gasteiger partial charge in [0.05, 0.1) is 0 Å². The number of hydrogen-bond acceptors (Lipinski definition) is 1. The lowest BCUT2D eigenvalue weighted by molar-refractivity contribution is 0.499. The van der Waals surface area contributed by atoms with E-state index in [1.165, 1.54) is 11.3 Å². The normalized spacial score (nSPS) is 15.9. The van der Waals surface area contributed by atoms with Gasteiger partial charge in [-0.15, -0.1) is 0 Å². The van der Waals surface area contributed by atoms with E-state index in [0.717, 1.165) is 6.42 Å². The first kappa shape index (κ1) is 14.0. The van der Waals surface area contributed by atoms with E-state index < -0.39 is 0 Å². The Kier molecular flexibility index (Phi) is 6.85. The lowest BCUT2D eigenvalue weighted by atomic mass is 10.0.